The monoisotopic (exact) mass is 514 g/mol. The van der Waals surface area contributed by atoms with Gasteiger partial charge < -0.3 is 15.4 Å². The van der Waals surface area contributed by atoms with Crippen molar-refractivity contribution in [3.8, 4) is 0 Å². The van der Waals surface area contributed by atoms with E-state index in [1.54, 1.807) is 0 Å². The van der Waals surface area contributed by atoms with Crippen molar-refractivity contribution in [1.29, 1.82) is 0 Å². The molecule has 2 aromatic rings. The van der Waals surface area contributed by atoms with Crippen LogP contribution in [0.25, 0.3) is 0 Å². The van der Waals surface area contributed by atoms with E-state index in [1.165, 1.54) is 41.5 Å². The number of aryl methyl sites for hydroxylation is 1. The van der Waals surface area contributed by atoms with Crippen LogP contribution in [0, 0.1) is 5.92 Å². The lowest BCUT2D eigenvalue weighted by molar-refractivity contribution is -0.120. The zero-order chi connectivity index (χ0) is 24.8. The third-order valence-corrected chi connectivity index (χ3v) is 9.11. The molecule has 1 fully saturated rings. The van der Waals surface area contributed by atoms with Gasteiger partial charge in [0.05, 0.1) is 17.9 Å². The fourth-order valence-corrected chi connectivity index (χ4v) is 7.08. The van der Waals surface area contributed by atoms with Crippen LogP contribution in [0.15, 0.2) is 29.2 Å². The molecule has 1 aromatic heterocycles. The normalized spacial score (nSPS) is 17.1. The summed E-state index contributed by atoms with van der Waals surface area (Å²) in [4.78, 5) is 40.3. The average molecular weight is 515 g/mol. The minimum atomic E-state index is -0.388. The number of fused-ring (bicyclic) bond motifs is 1. The molecule has 2 aliphatic carbocycles. The highest BCUT2D eigenvalue weighted by atomic mass is 32.2. The number of ether oxygens (including phenoxy) is 1. The molecular weight excluding hydrogens is 480 g/mol. The van der Waals surface area contributed by atoms with Crippen LogP contribution in [0.3, 0.4) is 0 Å². The van der Waals surface area contributed by atoms with E-state index in [4.69, 9.17) is 4.74 Å². The molecule has 0 radical (unpaired) electrons. The van der Waals surface area contributed by atoms with E-state index < -0.39 is 0 Å². The first-order valence-electron chi connectivity index (χ1n) is 12.6. The second-order valence-electron chi connectivity index (χ2n) is 9.36. The number of anilines is 2. The molecule has 1 aromatic carbocycles. The van der Waals surface area contributed by atoms with Crippen LogP contribution >= 0.6 is 23.1 Å². The summed E-state index contributed by atoms with van der Waals surface area (Å²) in [6.07, 6.45) is 10.4. The summed E-state index contributed by atoms with van der Waals surface area (Å²) in [7, 11) is 1.38. The number of thiophene rings is 1. The fraction of sp³-hybridized carbons (Fsp3) is 0.519. The molecule has 1 atom stereocenters. The summed E-state index contributed by atoms with van der Waals surface area (Å²) in [6, 6.07) is 7.65. The molecule has 2 N–H and O–H groups in total. The van der Waals surface area contributed by atoms with Gasteiger partial charge in [0.15, 0.2) is 0 Å². The van der Waals surface area contributed by atoms with Crippen molar-refractivity contribution in [2.24, 2.45) is 5.92 Å². The number of thioether (sulfide) groups is 1. The van der Waals surface area contributed by atoms with Crippen molar-refractivity contribution in [1.82, 2.24) is 0 Å². The quantitative estimate of drug-likeness (QED) is 0.252. The Balaban J connectivity index is 1.41. The molecule has 8 heteroatoms. The molecule has 0 spiro atoms. The molecule has 35 heavy (non-hydrogen) atoms. The summed E-state index contributed by atoms with van der Waals surface area (Å²) >= 11 is 2.94. The van der Waals surface area contributed by atoms with E-state index in [9.17, 15) is 14.4 Å². The van der Waals surface area contributed by atoms with Crippen molar-refractivity contribution < 1.29 is 19.1 Å². The molecule has 188 valence electrons. The summed E-state index contributed by atoms with van der Waals surface area (Å²) in [6.45, 7) is 1.85. The van der Waals surface area contributed by atoms with Crippen LogP contribution in [-0.4, -0.2) is 30.1 Å². The van der Waals surface area contributed by atoms with Gasteiger partial charge in [-0.25, -0.2) is 4.79 Å². The van der Waals surface area contributed by atoms with Crippen LogP contribution in [0.2, 0.25) is 0 Å². The Bertz CT molecular complexity index is 1080. The van der Waals surface area contributed by atoms with E-state index in [0.29, 0.717) is 10.6 Å². The lowest BCUT2D eigenvalue weighted by atomic mass is 9.88. The third kappa shape index (κ3) is 6.47. The van der Waals surface area contributed by atoms with Gasteiger partial charge in [-0.2, -0.15) is 0 Å². The summed E-state index contributed by atoms with van der Waals surface area (Å²) < 4.78 is 5.05. The molecule has 6 nitrogen and oxygen atoms in total. The van der Waals surface area contributed by atoms with Crippen molar-refractivity contribution in [2.75, 3.05) is 17.7 Å². The Hall–Kier alpha value is -2.32. The molecule has 2 amide bonds. The fourth-order valence-electron chi connectivity index (χ4n) is 4.88. The summed E-state index contributed by atoms with van der Waals surface area (Å²) in [5.41, 5.74) is 2.32. The molecular formula is C27H34N2O4S2. The number of benzene rings is 1. The predicted molar refractivity (Wildman–Crippen MR) is 143 cm³/mol. The SMILES string of the molecule is COC(=O)c1c(NC(=O)C(C)Sc2cccc(NC(=O)C3CCCCC3)c2)sc2c1CCCCC2. The predicted octanol–water partition coefficient (Wildman–Crippen LogP) is 6.44. The number of esters is 1. The number of carbonyl (C=O) groups excluding carboxylic acids is 3. The number of rotatable bonds is 7. The van der Waals surface area contributed by atoms with Gasteiger partial charge >= 0.3 is 5.97 Å². The highest BCUT2D eigenvalue weighted by Gasteiger charge is 2.27. The zero-order valence-corrected chi connectivity index (χ0v) is 22.1. The maximum absolute atomic E-state index is 13.1. The van der Waals surface area contributed by atoms with Gasteiger partial charge in [-0.3, -0.25) is 9.59 Å². The second-order valence-corrected chi connectivity index (χ2v) is 11.9. The number of hydrogen-bond acceptors (Lipinski definition) is 6. The first kappa shape index (κ1) is 25.8. The van der Waals surface area contributed by atoms with Crippen LogP contribution in [-0.2, 0) is 27.2 Å². The highest BCUT2D eigenvalue weighted by molar-refractivity contribution is 8.00. The maximum atomic E-state index is 13.1. The van der Waals surface area contributed by atoms with Crippen molar-refractivity contribution in [3.63, 3.8) is 0 Å². The van der Waals surface area contributed by atoms with Gasteiger partial charge in [-0.05, 0) is 69.2 Å². The topological polar surface area (TPSA) is 84.5 Å². The first-order valence-corrected chi connectivity index (χ1v) is 14.3. The molecule has 1 unspecified atom stereocenters. The van der Waals surface area contributed by atoms with Gasteiger partial charge in [0.2, 0.25) is 11.8 Å². The molecule has 0 saturated heterocycles. The minimum absolute atomic E-state index is 0.0884. The molecule has 4 rings (SSSR count). The van der Waals surface area contributed by atoms with Crippen LogP contribution in [0.5, 0.6) is 0 Å². The van der Waals surface area contributed by atoms with Crippen LogP contribution < -0.4 is 10.6 Å². The number of amides is 2. The Morgan fingerprint density at radius 2 is 1.77 bits per heavy atom. The summed E-state index contributed by atoms with van der Waals surface area (Å²) in [5, 5.41) is 6.26. The van der Waals surface area contributed by atoms with Gasteiger partial charge in [0, 0.05) is 21.4 Å². The lowest BCUT2D eigenvalue weighted by Crippen LogP contribution is -2.24. The standard InChI is InChI=1S/C27H34N2O4S2/c1-17(34-20-13-9-12-19(16-20)28-25(31)18-10-5-3-6-11-18)24(30)29-26-23(27(32)33-2)21-14-7-4-8-15-22(21)35-26/h9,12-13,16-18H,3-8,10-11,14-15H2,1-2H3,(H,28,31)(H,29,30). The largest absolute Gasteiger partial charge is 0.465 e. The molecule has 0 aliphatic heterocycles. The zero-order valence-electron chi connectivity index (χ0n) is 20.5. The van der Waals surface area contributed by atoms with Crippen LogP contribution in [0.1, 0.15) is 79.1 Å². The Kier molecular flexibility index (Phi) is 8.89. The smallest absolute Gasteiger partial charge is 0.341 e. The number of nitrogens with one attached hydrogen (secondary N) is 2. The summed E-state index contributed by atoms with van der Waals surface area (Å²) in [5.74, 6) is -0.366. The molecule has 0 bridgehead atoms. The first-order chi connectivity index (χ1) is 17.0. The van der Waals surface area contributed by atoms with Crippen molar-refractivity contribution >= 4 is 51.6 Å². The molecule has 1 saturated carbocycles. The minimum Gasteiger partial charge on any atom is -0.465 e. The van der Waals surface area contributed by atoms with E-state index >= 15 is 0 Å². The maximum Gasteiger partial charge on any atom is 0.341 e. The van der Waals surface area contributed by atoms with Crippen LogP contribution in [0.4, 0.5) is 10.7 Å². The Labute approximate surface area is 215 Å². The van der Waals surface area contributed by atoms with E-state index in [2.05, 4.69) is 10.6 Å². The highest BCUT2D eigenvalue weighted by Crippen LogP contribution is 2.38. The number of hydrogen-bond donors (Lipinski definition) is 2. The van der Waals surface area contributed by atoms with Crippen molar-refractivity contribution in [2.45, 2.75) is 81.3 Å². The van der Waals surface area contributed by atoms with E-state index in [1.807, 2.05) is 31.2 Å². The van der Waals surface area contributed by atoms with Crippen molar-refractivity contribution in [3.05, 3.63) is 40.3 Å². The lowest BCUT2D eigenvalue weighted by Gasteiger charge is -2.21. The average Bonchev–Trinajstić information content (AvgIpc) is 3.04. The van der Waals surface area contributed by atoms with Gasteiger partial charge in [-0.1, -0.05) is 31.7 Å². The molecule has 1 heterocycles. The van der Waals surface area contributed by atoms with Gasteiger partial charge in [0.1, 0.15) is 5.00 Å². The Morgan fingerprint density at radius 1 is 1.03 bits per heavy atom. The third-order valence-electron chi connectivity index (χ3n) is 6.81. The van der Waals surface area contributed by atoms with Gasteiger partial charge in [-0.15, -0.1) is 23.1 Å². The second kappa shape index (κ2) is 12.1. The molecule has 2 aliphatic rings. The number of methoxy groups -OCH3 is 1. The van der Waals surface area contributed by atoms with Gasteiger partial charge in [0.25, 0.3) is 0 Å². The number of carbonyl (C=O) groups is 3. The Morgan fingerprint density at radius 3 is 2.54 bits per heavy atom. The van der Waals surface area contributed by atoms with E-state index in [-0.39, 0.29) is 29.0 Å². The van der Waals surface area contributed by atoms with E-state index in [0.717, 1.165) is 73.9 Å².